The van der Waals surface area contributed by atoms with Crippen LogP contribution in [-0.4, -0.2) is 5.88 Å². The molecular weight excluding hydrogens is 350 g/mol. The highest BCUT2D eigenvalue weighted by atomic mass is 127. The summed E-state index contributed by atoms with van der Waals surface area (Å²) in [6, 6.07) is 6.37. The van der Waals surface area contributed by atoms with Crippen molar-refractivity contribution in [3.05, 3.63) is 31.8 Å². The van der Waals surface area contributed by atoms with E-state index in [-0.39, 0.29) is 0 Å². The van der Waals surface area contributed by atoms with E-state index in [4.69, 9.17) is 11.6 Å². The quantitative estimate of drug-likeness (QED) is 0.560. The average molecular weight is 359 g/mol. The Morgan fingerprint density at radius 3 is 2.83 bits per heavy atom. The molecule has 0 aromatic heterocycles. The van der Waals surface area contributed by atoms with Crippen molar-refractivity contribution in [1.29, 1.82) is 0 Å². The van der Waals surface area contributed by atoms with E-state index >= 15 is 0 Å². The van der Waals surface area contributed by atoms with Crippen LogP contribution in [0.3, 0.4) is 0 Å². The Kier molecular flexibility index (Phi) is 4.90. The van der Waals surface area contributed by atoms with Crippen molar-refractivity contribution in [3.63, 3.8) is 0 Å². The zero-order chi connectivity index (χ0) is 8.97. The van der Waals surface area contributed by atoms with Crippen molar-refractivity contribution in [3.8, 4) is 0 Å². The molecule has 0 radical (unpaired) electrons. The molecule has 1 rings (SSSR count). The van der Waals surface area contributed by atoms with Gasteiger partial charge in [-0.1, -0.05) is 15.9 Å². The normalized spacial score (nSPS) is 10.2. The van der Waals surface area contributed by atoms with Crippen molar-refractivity contribution in [1.82, 2.24) is 0 Å². The van der Waals surface area contributed by atoms with E-state index in [1.165, 1.54) is 13.6 Å². The SMILES string of the molecule is ClCCCc1cc(I)ccc1Br. The third-order valence-electron chi connectivity index (χ3n) is 1.59. The third kappa shape index (κ3) is 3.23. The topological polar surface area (TPSA) is 0 Å². The number of aryl methyl sites for hydroxylation is 1. The Morgan fingerprint density at radius 1 is 1.42 bits per heavy atom. The maximum Gasteiger partial charge on any atom is 0.0226 e. The molecule has 0 aliphatic heterocycles. The largest absolute Gasteiger partial charge is 0.127 e. The van der Waals surface area contributed by atoms with E-state index in [1.54, 1.807) is 0 Å². The molecule has 1 aromatic carbocycles. The van der Waals surface area contributed by atoms with Crippen LogP contribution in [0.25, 0.3) is 0 Å². The first-order valence-corrected chi connectivity index (χ1v) is 6.14. The van der Waals surface area contributed by atoms with Gasteiger partial charge in [0, 0.05) is 13.9 Å². The molecule has 0 nitrogen and oxygen atoms in total. The van der Waals surface area contributed by atoms with E-state index in [2.05, 4.69) is 56.7 Å². The van der Waals surface area contributed by atoms with Crippen LogP contribution in [0, 0.1) is 3.57 Å². The lowest BCUT2D eigenvalue weighted by molar-refractivity contribution is 0.923. The van der Waals surface area contributed by atoms with E-state index in [1.807, 2.05) is 0 Å². The van der Waals surface area contributed by atoms with Gasteiger partial charge in [-0.05, 0) is 59.2 Å². The second-order valence-electron chi connectivity index (χ2n) is 2.53. The molecule has 0 spiro atoms. The predicted molar refractivity (Wildman–Crippen MR) is 65.9 cm³/mol. The van der Waals surface area contributed by atoms with Crippen molar-refractivity contribution in [2.24, 2.45) is 0 Å². The van der Waals surface area contributed by atoms with Crippen LogP contribution in [0.1, 0.15) is 12.0 Å². The summed E-state index contributed by atoms with van der Waals surface area (Å²) in [5, 5.41) is 0. The number of benzene rings is 1. The predicted octanol–water partition coefficient (Wildman–Crippen LogP) is 4.23. The van der Waals surface area contributed by atoms with Crippen LogP contribution in [0.2, 0.25) is 0 Å². The third-order valence-corrected chi connectivity index (χ3v) is 3.30. The lowest BCUT2D eigenvalue weighted by Gasteiger charge is -2.03. The zero-order valence-electron chi connectivity index (χ0n) is 6.49. The molecule has 0 bridgehead atoms. The van der Waals surface area contributed by atoms with Gasteiger partial charge in [-0.15, -0.1) is 11.6 Å². The molecule has 1 aromatic rings. The Hall–Kier alpha value is 0.720. The highest BCUT2D eigenvalue weighted by Crippen LogP contribution is 2.20. The monoisotopic (exact) mass is 358 g/mol. The van der Waals surface area contributed by atoms with Gasteiger partial charge in [-0.25, -0.2) is 0 Å². The summed E-state index contributed by atoms with van der Waals surface area (Å²) in [5.74, 6) is 0.734. The summed E-state index contributed by atoms with van der Waals surface area (Å²) in [4.78, 5) is 0. The highest BCUT2D eigenvalue weighted by Gasteiger charge is 1.99. The van der Waals surface area contributed by atoms with Crippen molar-refractivity contribution in [2.45, 2.75) is 12.8 Å². The van der Waals surface area contributed by atoms with Gasteiger partial charge in [0.05, 0.1) is 0 Å². The van der Waals surface area contributed by atoms with Gasteiger partial charge in [-0.3, -0.25) is 0 Å². The van der Waals surface area contributed by atoms with Crippen molar-refractivity contribution < 1.29 is 0 Å². The molecule has 0 saturated carbocycles. The summed E-state index contributed by atoms with van der Waals surface area (Å²) in [5.41, 5.74) is 1.35. The van der Waals surface area contributed by atoms with Gasteiger partial charge in [0.25, 0.3) is 0 Å². The average Bonchev–Trinajstić information content (AvgIpc) is 2.07. The first kappa shape index (κ1) is 10.8. The minimum absolute atomic E-state index is 0.734. The molecule has 0 amide bonds. The fraction of sp³-hybridized carbons (Fsp3) is 0.333. The maximum atomic E-state index is 5.63. The Balaban J connectivity index is 2.75. The molecule has 0 heterocycles. The van der Waals surface area contributed by atoms with Gasteiger partial charge < -0.3 is 0 Å². The van der Waals surface area contributed by atoms with Crippen molar-refractivity contribution in [2.75, 3.05) is 5.88 Å². The van der Waals surface area contributed by atoms with E-state index in [0.717, 1.165) is 18.7 Å². The van der Waals surface area contributed by atoms with E-state index in [0.29, 0.717) is 0 Å². The minimum Gasteiger partial charge on any atom is -0.127 e. The first-order valence-electron chi connectivity index (χ1n) is 3.74. The fourth-order valence-electron chi connectivity index (χ4n) is 0.992. The second-order valence-corrected chi connectivity index (χ2v) is 5.01. The molecular formula is C9H9BrClI. The standard InChI is InChI=1S/C9H9BrClI/c10-9-4-3-8(12)6-7(9)2-1-5-11/h3-4,6H,1-2,5H2. The van der Waals surface area contributed by atoms with Crippen molar-refractivity contribution >= 4 is 50.1 Å². The molecule has 0 aliphatic rings. The minimum atomic E-state index is 0.734. The summed E-state index contributed by atoms with van der Waals surface area (Å²) in [6.07, 6.45) is 2.10. The number of alkyl halides is 1. The Labute approximate surface area is 100.0 Å². The molecule has 0 fully saturated rings. The highest BCUT2D eigenvalue weighted by molar-refractivity contribution is 14.1. The molecule has 0 atom stereocenters. The van der Waals surface area contributed by atoms with Crippen LogP contribution < -0.4 is 0 Å². The maximum absolute atomic E-state index is 5.63. The molecule has 0 saturated heterocycles. The molecule has 0 N–H and O–H groups in total. The molecule has 0 unspecified atom stereocenters. The fourth-order valence-corrected chi connectivity index (χ4v) is 2.13. The van der Waals surface area contributed by atoms with E-state index in [9.17, 15) is 0 Å². The molecule has 3 heteroatoms. The number of rotatable bonds is 3. The molecule has 12 heavy (non-hydrogen) atoms. The van der Waals surface area contributed by atoms with Gasteiger partial charge in [0.2, 0.25) is 0 Å². The summed E-state index contributed by atoms with van der Waals surface area (Å²) < 4.78 is 2.47. The number of hydrogen-bond donors (Lipinski definition) is 0. The van der Waals surface area contributed by atoms with Gasteiger partial charge in [0.15, 0.2) is 0 Å². The summed E-state index contributed by atoms with van der Waals surface area (Å²) >= 11 is 11.5. The van der Waals surface area contributed by atoms with Crippen LogP contribution >= 0.6 is 50.1 Å². The number of hydrogen-bond acceptors (Lipinski definition) is 0. The molecule has 0 aliphatic carbocycles. The molecule has 66 valence electrons. The lowest BCUT2D eigenvalue weighted by Crippen LogP contribution is -1.88. The van der Waals surface area contributed by atoms with Gasteiger partial charge in [0.1, 0.15) is 0 Å². The summed E-state index contributed by atoms with van der Waals surface area (Å²) in [7, 11) is 0. The lowest BCUT2D eigenvalue weighted by atomic mass is 10.1. The smallest absolute Gasteiger partial charge is 0.0226 e. The first-order chi connectivity index (χ1) is 5.74. The Morgan fingerprint density at radius 2 is 2.17 bits per heavy atom. The van der Waals surface area contributed by atoms with E-state index < -0.39 is 0 Å². The second kappa shape index (κ2) is 5.45. The van der Waals surface area contributed by atoms with Crippen LogP contribution in [0.5, 0.6) is 0 Å². The van der Waals surface area contributed by atoms with Crippen LogP contribution in [-0.2, 0) is 6.42 Å². The summed E-state index contributed by atoms with van der Waals surface area (Å²) in [6.45, 7) is 0. The van der Waals surface area contributed by atoms with Gasteiger partial charge in [-0.2, -0.15) is 0 Å². The van der Waals surface area contributed by atoms with Crippen LogP contribution in [0.15, 0.2) is 22.7 Å². The van der Waals surface area contributed by atoms with Crippen LogP contribution in [0.4, 0.5) is 0 Å². The number of halogens is 3. The van der Waals surface area contributed by atoms with Gasteiger partial charge >= 0.3 is 0 Å². The Bertz CT molecular complexity index is 263. The zero-order valence-corrected chi connectivity index (χ0v) is 11.0.